The van der Waals surface area contributed by atoms with Gasteiger partial charge in [-0.2, -0.15) is 0 Å². The second-order valence-electron chi connectivity index (χ2n) is 14.7. The number of hydrogen-bond donors (Lipinski definition) is 3. The summed E-state index contributed by atoms with van der Waals surface area (Å²) in [6.07, 6.45) is 2.42. The minimum atomic E-state index is -1.12. The first kappa shape index (κ1) is 26.5. The lowest BCUT2D eigenvalue weighted by Gasteiger charge is -2.67. The Bertz CT molecular complexity index is 1010. The van der Waals surface area contributed by atoms with E-state index < -0.39 is 34.7 Å². The van der Waals surface area contributed by atoms with Crippen LogP contribution in [0, 0.1) is 45.3 Å². The zero-order valence-electron chi connectivity index (χ0n) is 23.3. The average molecular weight is 503 g/mol. The number of hydrogen-bond acceptors (Lipinski definition) is 6. The number of fused-ring (bicyclic) bond motifs is 7. The van der Waals surface area contributed by atoms with Gasteiger partial charge in [-0.1, -0.05) is 53.2 Å². The van der Waals surface area contributed by atoms with Crippen LogP contribution >= 0.6 is 0 Å². The molecule has 11 atom stereocenters. The van der Waals surface area contributed by atoms with Gasteiger partial charge in [-0.15, -0.1) is 0 Å². The van der Waals surface area contributed by atoms with Crippen molar-refractivity contribution in [2.45, 2.75) is 118 Å². The van der Waals surface area contributed by atoms with Crippen molar-refractivity contribution in [2.24, 2.45) is 45.3 Å². The van der Waals surface area contributed by atoms with Gasteiger partial charge in [0.25, 0.3) is 0 Å². The number of Topliss-reactive ketones (excluding diaryl/α,β-unsaturated/α-hetero) is 2. The van der Waals surface area contributed by atoms with Crippen molar-refractivity contribution in [3.8, 4) is 0 Å². The van der Waals surface area contributed by atoms with Gasteiger partial charge in [-0.25, -0.2) is 0 Å². The Hall–Kier alpha value is -1.08. The normalized spacial score (nSPS) is 52.5. The Kier molecular flexibility index (Phi) is 5.70. The van der Waals surface area contributed by atoms with Crippen LogP contribution in [-0.2, 0) is 14.3 Å². The van der Waals surface area contributed by atoms with Crippen molar-refractivity contribution in [1.82, 2.24) is 0 Å². The molecule has 0 spiro atoms. The van der Waals surface area contributed by atoms with E-state index >= 15 is 0 Å². The lowest BCUT2D eigenvalue weighted by Crippen LogP contribution is -2.65. The number of rotatable bonds is 1. The second-order valence-corrected chi connectivity index (χ2v) is 14.7. The van der Waals surface area contributed by atoms with E-state index in [1.165, 1.54) is 0 Å². The number of carbonyl (C=O) groups excluding carboxylic acids is 2. The van der Waals surface area contributed by atoms with Crippen LogP contribution in [0.1, 0.15) is 87.5 Å². The van der Waals surface area contributed by atoms with Crippen LogP contribution in [0.15, 0.2) is 11.6 Å². The van der Waals surface area contributed by atoms with Gasteiger partial charge < -0.3 is 20.1 Å². The summed E-state index contributed by atoms with van der Waals surface area (Å²) in [4.78, 5) is 26.3. The molecule has 3 saturated carbocycles. The van der Waals surface area contributed by atoms with Crippen molar-refractivity contribution >= 4 is 11.6 Å². The fourth-order valence-electron chi connectivity index (χ4n) is 9.90. The van der Waals surface area contributed by atoms with Crippen LogP contribution in [0.3, 0.4) is 0 Å². The van der Waals surface area contributed by atoms with E-state index in [-0.39, 0.29) is 65.0 Å². The molecule has 0 aromatic rings. The average Bonchev–Trinajstić information content (AvgIpc) is 2.88. The molecule has 1 heterocycles. The van der Waals surface area contributed by atoms with E-state index in [2.05, 4.69) is 26.8 Å². The Labute approximate surface area is 215 Å². The Morgan fingerprint density at radius 2 is 1.61 bits per heavy atom. The quantitative estimate of drug-likeness (QED) is 0.471. The monoisotopic (exact) mass is 502 g/mol. The highest BCUT2D eigenvalue weighted by atomic mass is 16.5. The molecule has 3 N–H and O–H groups in total. The second kappa shape index (κ2) is 7.74. The smallest absolute Gasteiger partial charge is 0.162 e. The summed E-state index contributed by atoms with van der Waals surface area (Å²) in [5, 5.41) is 33.5. The van der Waals surface area contributed by atoms with Gasteiger partial charge in [0, 0.05) is 35.5 Å². The van der Waals surface area contributed by atoms with Crippen LogP contribution in [0.25, 0.3) is 0 Å². The van der Waals surface area contributed by atoms with Gasteiger partial charge in [0.1, 0.15) is 11.9 Å². The molecule has 1 unspecified atom stereocenters. The predicted molar refractivity (Wildman–Crippen MR) is 136 cm³/mol. The molecule has 4 aliphatic carbocycles. The summed E-state index contributed by atoms with van der Waals surface area (Å²) in [5.41, 5.74) is -1.74. The van der Waals surface area contributed by atoms with Crippen molar-refractivity contribution in [3.05, 3.63) is 11.6 Å². The highest BCUT2D eigenvalue weighted by molar-refractivity contribution is 5.86. The first-order valence-corrected chi connectivity index (χ1v) is 13.9. The van der Waals surface area contributed by atoms with Crippen molar-refractivity contribution in [2.75, 3.05) is 0 Å². The fraction of sp³-hybridized carbons (Fsp3) is 0.867. The summed E-state index contributed by atoms with van der Waals surface area (Å²) in [6, 6.07) is 0. The summed E-state index contributed by atoms with van der Waals surface area (Å²) in [5.74, 6) is -0.286. The number of aliphatic hydroxyl groups is 3. The van der Waals surface area contributed by atoms with Crippen molar-refractivity contribution in [1.29, 1.82) is 0 Å². The third kappa shape index (κ3) is 3.17. The zero-order chi connectivity index (χ0) is 26.8. The molecule has 5 aliphatic rings. The maximum absolute atomic E-state index is 13.4. The third-order valence-electron chi connectivity index (χ3n) is 12.3. The SMILES string of the molecule is C[C@H]1C(=O)C[C@@H](C(C)(C)O)O[C@H]2C[C@@]3(C)[C@@H]4CC=C5[C@@H](CC(=O)[C@H](O)C5(C)C)[C@]4(C)C(O)C[C@]3(C)[C@H]21. The molecule has 0 aromatic heterocycles. The number of ether oxygens (including phenoxy) is 1. The van der Waals surface area contributed by atoms with Crippen LogP contribution in [-0.4, -0.2) is 56.9 Å². The highest BCUT2D eigenvalue weighted by Crippen LogP contribution is 2.75. The molecule has 202 valence electrons. The number of allylic oxidation sites excluding steroid dienone is 1. The van der Waals surface area contributed by atoms with E-state index in [0.717, 1.165) is 18.4 Å². The van der Waals surface area contributed by atoms with Crippen LogP contribution < -0.4 is 0 Å². The summed E-state index contributed by atoms with van der Waals surface area (Å²) >= 11 is 0. The molecule has 5 rings (SSSR count). The summed E-state index contributed by atoms with van der Waals surface area (Å²) < 4.78 is 6.63. The molecular weight excluding hydrogens is 456 g/mol. The van der Waals surface area contributed by atoms with E-state index in [1.807, 2.05) is 20.8 Å². The van der Waals surface area contributed by atoms with E-state index in [1.54, 1.807) is 13.8 Å². The topological polar surface area (TPSA) is 104 Å². The van der Waals surface area contributed by atoms with Gasteiger partial charge in [0.2, 0.25) is 0 Å². The molecule has 6 nitrogen and oxygen atoms in total. The van der Waals surface area contributed by atoms with E-state index in [9.17, 15) is 24.9 Å². The molecular formula is C30H46O6. The number of aliphatic hydroxyl groups excluding tert-OH is 2. The van der Waals surface area contributed by atoms with E-state index in [4.69, 9.17) is 4.74 Å². The molecule has 0 amide bonds. The Morgan fingerprint density at radius 1 is 0.972 bits per heavy atom. The summed E-state index contributed by atoms with van der Waals surface area (Å²) in [6.45, 7) is 16.1. The Balaban J connectivity index is 1.61. The zero-order valence-corrected chi connectivity index (χ0v) is 23.3. The molecule has 0 radical (unpaired) electrons. The van der Waals surface area contributed by atoms with Crippen LogP contribution in [0.5, 0.6) is 0 Å². The number of carbonyl (C=O) groups is 2. The van der Waals surface area contributed by atoms with Gasteiger partial charge in [0.05, 0.1) is 23.9 Å². The lowest BCUT2D eigenvalue weighted by atomic mass is 9.38. The molecule has 36 heavy (non-hydrogen) atoms. The van der Waals surface area contributed by atoms with E-state index in [0.29, 0.717) is 6.42 Å². The predicted octanol–water partition coefficient (Wildman–Crippen LogP) is 3.85. The van der Waals surface area contributed by atoms with Crippen LogP contribution in [0.4, 0.5) is 0 Å². The third-order valence-corrected chi connectivity index (χ3v) is 12.3. The largest absolute Gasteiger partial charge is 0.393 e. The van der Waals surface area contributed by atoms with Crippen molar-refractivity contribution in [3.63, 3.8) is 0 Å². The fourth-order valence-corrected chi connectivity index (χ4v) is 9.90. The highest BCUT2D eigenvalue weighted by Gasteiger charge is 2.73. The summed E-state index contributed by atoms with van der Waals surface area (Å²) in [7, 11) is 0. The van der Waals surface area contributed by atoms with Gasteiger partial charge in [-0.3, -0.25) is 9.59 Å². The first-order chi connectivity index (χ1) is 16.4. The first-order valence-electron chi connectivity index (χ1n) is 13.9. The Morgan fingerprint density at radius 3 is 2.22 bits per heavy atom. The van der Waals surface area contributed by atoms with Gasteiger partial charge >= 0.3 is 0 Å². The maximum Gasteiger partial charge on any atom is 0.162 e. The molecule has 1 saturated heterocycles. The number of ketones is 2. The van der Waals surface area contributed by atoms with Crippen LogP contribution in [0.2, 0.25) is 0 Å². The minimum Gasteiger partial charge on any atom is -0.393 e. The minimum absolute atomic E-state index is 0.0434. The molecule has 6 heteroatoms. The molecule has 0 bridgehead atoms. The standard InChI is InChI=1S/C30H46O6/c1-15-18(31)12-23(27(4,5)35)36-20-13-28(6)21-10-9-16-17(11-19(32)25(34)26(16,2)3)30(21,8)22(33)14-29(28,7)24(15)20/h9,15,17,20-25,33-35H,10-14H2,1-8H3/t15-,17+,20-,21-,22?,23-,24-,25-,28-,29+,30-/m0/s1. The van der Waals surface area contributed by atoms with Crippen molar-refractivity contribution < 1.29 is 29.6 Å². The molecule has 1 aliphatic heterocycles. The van der Waals surface area contributed by atoms with Gasteiger partial charge in [-0.05, 0) is 55.8 Å². The molecule has 4 fully saturated rings. The lowest BCUT2D eigenvalue weighted by molar-refractivity contribution is -0.203. The van der Waals surface area contributed by atoms with Gasteiger partial charge in [0.15, 0.2) is 5.78 Å². The molecule has 0 aromatic carbocycles. The maximum atomic E-state index is 13.4.